The molecular formula is C22H26N2O2. The Bertz CT molecular complexity index is 762. The lowest BCUT2D eigenvalue weighted by molar-refractivity contribution is -0.132. The van der Waals surface area contributed by atoms with Gasteiger partial charge >= 0.3 is 0 Å². The number of carbonyl (C=O) groups excluding carboxylic acids is 1. The van der Waals surface area contributed by atoms with Crippen LogP contribution in [0.25, 0.3) is 0 Å². The number of benzene rings is 2. The molecule has 0 saturated carbocycles. The van der Waals surface area contributed by atoms with Gasteiger partial charge in [0.25, 0.3) is 5.91 Å². The van der Waals surface area contributed by atoms with Gasteiger partial charge in [-0.05, 0) is 43.0 Å². The van der Waals surface area contributed by atoms with Gasteiger partial charge in [-0.3, -0.25) is 9.69 Å². The summed E-state index contributed by atoms with van der Waals surface area (Å²) in [5.74, 6) is 0.0739. The van der Waals surface area contributed by atoms with Crippen LogP contribution in [-0.2, 0) is 16.1 Å². The maximum atomic E-state index is 12.6. The largest absolute Gasteiger partial charge is 0.366 e. The minimum Gasteiger partial charge on any atom is -0.366 e. The summed E-state index contributed by atoms with van der Waals surface area (Å²) in [6, 6.07) is 18.7. The Balaban J connectivity index is 1.51. The van der Waals surface area contributed by atoms with Gasteiger partial charge in [0, 0.05) is 25.3 Å². The Hall–Kier alpha value is -2.17. The van der Waals surface area contributed by atoms with Crippen LogP contribution in [0.2, 0.25) is 0 Å². The summed E-state index contributed by atoms with van der Waals surface area (Å²) in [5.41, 5.74) is 3.71. The molecule has 2 saturated heterocycles. The van der Waals surface area contributed by atoms with Crippen molar-refractivity contribution in [2.24, 2.45) is 0 Å². The predicted octanol–water partition coefficient (Wildman–Crippen LogP) is 3.39. The number of ether oxygens (including phenoxy) is 1. The topological polar surface area (TPSA) is 32.8 Å². The van der Waals surface area contributed by atoms with E-state index in [0.717, 1.165) is 38.2 Å². The summed E-state index contributed by atoms with van der Waals surface area (Å²) in [6.45, 7) is 5.31. The van der Waals surface area contributed by atoms with Crippen LogP contribution in [0.4, 0.5) is 5.69 Å². The second-order valence-corrected chi connectivity index (χ2v) is 7.30. The third-order valence-corrected chi connectivity index (χ3v) is 5.61. The third-order valence-electron chi connectivity index (χ3n) is 5.61. The minimum absolute atomic E-state index is 0.0739. The Morgan fingerprint density at radius 2 is 1.73 bits per heavy atom. The molecule has 0 bridgehead atoms. The Morgan fingerprint density at radius 3 is 2.54 bits per heavy atom. The van der Waals surface area contributed by atoms with Crippen molar-refractivity contribution in [3.63, 3.8) is 0 Å². The minimum atomic E-state index is 0.0739. The highest BCUT2D eigenvalue weighted by atomic mass is 16.5. The first-order valence-corrected chi connectivity index (χ1v) is 9.48. The van der Waals surface area contributed by atoms with Gasteiger partial charge in [-0.1, -0.05) is 42.5 Å². The standard InChI is InChI=1S/C22H26N2O2/c1-17-7-5-6-8-18(17)15-23-13-11-20-21(12-14-23)26-16-22(25)24(20)19-9-3-2-4-10-19/h2-10,20-21H,11-16H2,1H3/t20-,21-/m0/s1. The van der Waals surface area contributed by atoms with E-state index in [1.807, 2.05) is 35.2 Å². The second kappa shape index (κ2) is 7.60. The van der Waals surface area contributed by atoms with E-state index in [1.54, 1.807) is 0 Å². The number of hydrogen-bond acceptors (Lipinski definition) is 3. The van der Waals surface area contributed by atoms with Crippen LogP contribution in [0, 0.1) is 6.92 Å². The lowest BCUT2D eigenvalue weighted by Crippen LogP contribution is -2.54. The molecule has 2 aliphatic heterocycles. The molecule has 2 fully saturated rings. The summed E-state index contributed by atoms with van der Waals surface area (Å²) < 4.78 is 5.93. The molecule has 2 aliphatic rings. The van der Waals surface area contributed by atoms with Crippen molar-refractivity contribution in [3.8, 4) is 0 Å². The van der Waals surface area contributed by atoms with Crippen molar-refractivity contribution in [2.75, 3.05) is 24.6 Å². The molecule has 0 unspecified atom stereocenters. The maximum absolute atomic E-state index is 12.6. The van der Waals surface area contributed by atoms with Gasteiger partial charge in [0.1, 0.15) is 6.61 Å². The van der Waals surface area contributed by atoms with E-state index in [9.17, 15) is 4.79 Å². The van der Waals surface area contributed by atoms with Crippen LogP contribution in [0.5, 0.6) is 0 Å². The second-order valence-electron chi connectivity index (χ2n) is 7.30. The molecule has 2 heterocycles. The number of morpholine rings is 1. The van der Waals surface area contributed by atoms with E-state index in [2.05, 4.69) is 36.1 Å². The van der Waals surface area contributed by atoms with E-state index in [1.165, 1.54) is 11.1 Å². The molecule has 2 aromatic carbocycles. The normalized spacial score (nSPS) is 24.2. The molecule has 0 radical (unpaired) electrons. The fourth-order valence-corrected chi connectivity index (χ4v) is 4.15. The lowest BCUT2D eigenvalue weighted by Gasteiger charge is -2.40. The Kier molecular flexibility index (Phi) is 5.05. The molecule has 1 amide bonds. The van der Waals surface area contributed by atoms with E-state index in [0.29, 0.717) is 0 Å². The van der Waals surface area contributed by atoms with Crippen LogP contribution >= 0.6 is 0 Å². The highest BCUT2D eigenvalue weighted by molar-refractivity contribution is 5.95. The number of likely N-dealkylation sites (tertiary alicyclic amines) is 1. The quantitative estimate of drug-likeness (QED) is 0.851. The van der Waals surface area contributed by atoms with Crippen LogP contribution in [-0.4, -0.2) is 42.6 Å². The number of anilines is 1. The fraction of sp³-hybridized carbons (Fsp3) is 0.409. The van der Waals surface area contributed by atoms with Gasteiger partial charge in [-0.25, -0.2) is 0 Å². The maximum Gasteiger partial charge on any atom is 0.253 e. The first-order valence-electron chi connectivity index (χ1n) is 9.48. The average molecular weight is 350 g/mol. The van der Waals surface area contributed by atoms with Gasteiger partial charge < -0.3 is 9.64 Å². The third kappa shape index (κ3) is 3.53. The smallest absolute Gasteiger partial charge is 0.253 e. The molecule has 0 spiro atoms. The molecule has 4 heteroatoms. The number of amides is 1. The highest BCUT2D eigenvalue weighted by Gasteiger charge is 2.39. The highest BCUT2D eigenvalue weighted by Crippen LogP contribution is 2.29. The molecule has 26 heavy (non-hydrogen) atoms. The van der Waals surface area contributed by atoms with E-state index < -0.39 is 0 Å². The van der Waals surface area contributed by atoms with E-state index >= 15 is 0 Å². The zero-order chi connectivity index (χ0) is 17.9. The lowest BCUT2D eigenvalue weighted by atomic mass is 10.0. The van der Waals surface area contributed by atoms with E-state index in [-0.39, 0.29) is 24.7 Å². The number of para-hydroxylation sites is 1. The van der Waals surface area contributed by atoms with Crippen molar-refractivity contribution in [2.45, 2.75) is 38.5 Å². The number of rotatable bonds is 3. The van der Waals surface area contributed by atoms with Crippen molar-refractivity contribution in [1.82, 2.24) is 4.90 Å². The Morgan fingerprint density at radius 1 is 1.00 bits per heavy atom. The zero-order valence-corrected chi connectivity index (χ0v) is 15.3. The molecule has 0 aromatic heterocycles. The van der Waals surface area contributed by atoms with Crippen LogP contribution in [0.3, 0.4) is 0 Å². The molecule has 2 atom stereocenters. The van der Waals surface area contributed by atoms with Gasteiger partial charge in [0.2, 0.25) is 0 Å². The zero-order valence-electron chi connectivity index (χ0n) is 15.3. The van der Waals surface area contributed by atoms with Gasteiger partial charge in [-0.2, -0.15) is 0 Å². The van der Waals surface area contributed by atoms with Gasteiger partial charge in [0.15, 0.2) is 0 Å². The molecule has 2 aromatic rings. The number of fused-ring (bicyclic) bond motifs is 1. The number of nitrogens with zero attached hydrogens (tertiary/aromatic N) is 2. The summed E-state index contributed by atoms with van der Waals surface area (Å²) >= 11 is 0. The van der Waals surface area contributed by atoms with E-state index in [4.69, 9.17) is 4.74 Å². The molecule has 0 N–H and O–H groups in total. The first kappa shape index (κ1) is 17.3. The molecule has 4 nitrogen and oxygen atoms in total. The van der Waals surface area contributed by atoms with Gasteiger partial charge in [0.05, 0.1) is 12.1 Å². The van der Waals surface area contributed by atoms with Crippen LogP contribution < -0.4 is 4.90 Å². The Labute approximate surface area is 155 Å². The molecule has 136 valence electrons. The van der Waals surface area contributed by atoms with Gasteiger partial charge in [-0.15, -0.1) is 0 Å². The number of hydrogen-bond donors (Lipinski definition) is 0. The average Bonchev–Trinajstić information content (AvgIpc) is 2.87. The summed E-state index contributed by atoms with van der Waals surface area (Å²) in [4.78, 5) is 17.0. The van der Waals surface area contributed by atoms with Crippen molar-refractivity contribution < 1.29 is 9.53 Å². The summed E-state index contributed by atoms with van der Waals surface area (Å²) in [6.07, 6.45) is 2.03. The van der Waals surface area contributed by atoms with Crippen LogP contribution in [0.15, 0.2) is 54.6 Å². The predicted molar refractivity (Wildman–Crippen MR) is 103 cm³/mol. The van der Waals surface area contributed by atoms with Crippen molar-refractivity contribution in [3.05, 3.63) is 65.7 Å². The fourth-order valence-electron chi connectivity index (χ4n) is 4.15. The summed E-state index contributed by atoms with van der Waals surface area (Å²) in [7, 11) is 0. The van der Waals surface area contributed by atoms with Crippen molar-refractivity contribution >= 4 is 11.6 Å². The monoisotopic (exact) mass is 350 g/mol. The molecule has 0 aliphatic carbocycles. The molecular weight excluding hydrogens is 324 g/mol. The SMILES string of the molecule is Cc1ccccc1CN1CC[C@@H]2OCC(=O)N(c3ccccc3)[C@H]2CC1. The summed E-state index contributed by atoms with van der Waals surface area (Å²) in [5, 5.41) is 0. The number of aryl methyl sites for hydroxylation is 1. The number of carbonyl (C=O) groups is 1. The van der Waals surface area contributed by atoms with Crippen molar-refractivity contribution in [1.29, 1.82) is 0 Å². The first-order chi connectivity index (χ1) is 12.7. The molecule has 4 rings (SSSR count). The van der Waals surface area contributed by atoms with Crippen LogP contribution in [0.1, 0.15) is 24.0 Å².